The molecule has 0 saturated carbocycles. The van der Waals surface area contributed by atoms with Crippen molar-refractivity contribution in [3.63, 3.8) is 0 Å². The largest absolute Gasteiger partial charge is 0.481 e. The van der Waals surface area contributed by atoms with E-state index in [4.69, 9.17) is 16.7 Å². The number of hydrogen-bond donors (Lipinski definition) is 2. The standard InChI is InChI=1S/C15H18ClN3O5/c1-9-4-10(15(21)22)7-18(6-9)8-14(20)17-11-2-3-12(16)13(5-11)19(23)24/h2-3,5,9-10H,4,6-8H2,1H3,(H,17,20)(H,21,22). The summed E-state index contributed by atoms with van der Waals surface area (Å²) in [5, 5.41) is 22.6. The minimum Gasteiger partial charge on any atom is -0.481 e. The number of carboxylic acid groups (broad SMARTS) is 1. The molecule has 24 heavy (non-hydrogen) atoms. The summed E-state index contributed by atoms with van der Waals surface area (Å²) in [4.78, 5) is 35.3. The van der Waals surface area contributed by atoms with Gasteiger partial charge in [-0.05, 0) is 24.5 Å². The zero-order valence-corrected chi connectivity index (χ0v) is 13.8. The number of hydrogen-bond acceptors (Lipinski definition) is 5. The van der Waals surface area contributed by atoms with Crippen LogP contribution in [-0.4, -0.2) is 46.4 Å². The smallest absolute Gasteiger partial charge is 0.307 e. The highest BCUT2D eigenvalue weighted by Crippen LogP contribution is 2.27. The topological polar surface area (TPSA) is 113 Å². The summed E-state index contributed by atoms with van der Waals surface area (Å²) in [7, 11) is 0. The Hall–Kier alpha value is -2.19. The third kappa shape index (κ3) is 4.65. The van der Waals surface area contributed by atoms with Gasteiger partial charge in [-0.25, -0.2) is 0 Å². The van der Waals surface area contributed by atoms with E-state index in [1.807, 2.05) is 6.92 Å². The number of aliphatic carboxylic acids is 1. The summed E-state index contributed by atoms with van der Waals surface area (Å²) in [6.07, 6.45) is 0.594. The number of benzene rings is 1. The van der Waals surface area contributed by atoms with E-state index >= 15 is 0 Å². The van der Waals surface area contributed by atoms with Gasteiger partial charge in [0.1, 0.15) is 5.02 Å². The lowest BCUT2D eigenvalue weighted by Crippen LogP contribution is -2.45. The van der Waals surface area contributed by atoms with E-state index < -0.39 is 16.8 Å². The van der Waals surface area contributed by atoms with E-state index in [0.717, 1.165) is 0 Å². The normalized spacial score (nSPS) is 21.2. The van der Waals surface area contributed by atoms with Crippen LogP contribution in [0, 0.1) is 22.0 Å². The second-order valence-corrected chi connectivity index (χ2v) is 6.45. The molecule has 9 heteroatoms. The number of piperidine rings is 1. The number of amides is 1. The zero-order chi connectivity index (χ0) is 17.9. The number of nitrogens with one attached hydrogen (secondary N) is 1. The molecule has 1 saturated heterocycles. The van der Waals surface area contributed by atoms with Gasteiger partial charge in [0.15, 0.2) is 0 Å². The van der Waals surface area contributed by atoms with Crippen LogP contribution in [0.15, 0.2) is 18.2 Å². The number of halogens is 1. The minimum absolute atomic E-state index is 0.00726. The van der Waals surface area contributed by atoms with Crippen LogP contribution in [0.2, 0.25) is 5.02 Å². The molecule has 2 rings (SSSR count). The summed E-state index contributed by atoms with van der Waals surface area (Å²) in [5.41, 5.74) is -0.0112. The summed E-state index contributed by atoms with van der Waals surface area (Å²) in [6, 6.07) is 4.02. The molecular formula is C15H18ClN3O5. The van der Waals surface area contributed by atoms with Gasteiger partial charge in [-0.3, -0.25) is 24.6 Å². The molecule has 0 radical (unpaired) electrons. The molecule has 2 N–H and O–H groups in total. The van der Waals surface area contributed by atoms with E-state index in [0.29, 0.717) is 19.5 Å². The van der Waals surface area contributed by atoms with Gasteiger partial charge < -0.3 is 10.4 Å². The number of anilines is 1. The average molecular weight is 356 g/mol. The SMILES string of the molecule is CC1CC(C(=O)O)CN(CC(=O)Nc2ccc(Cl)c([N+](=O)[O-])c2)C1. The molecule has 0 spiro atoms. The maximum Gasteiger partial charge on any atom is 0.307 e. The van der Waals surface area contributed by atoms with Gasteiger partial charge in [0.25, 0.3) is 5.69 Å². The van der Waals surface area contributed by atoms with Crippen molar-refractivity contribution in [3.8, 4) is 0 Å². The number of likely N-dealkylation sites (tertiary alicyclic amines) is 1. The average Bonchev–Trinajstić information content (AvgIpc) is 2.48. The molecule has 1 aromatic carbocycles. The van der Waals surface area contributed by atoms with E-state index in [2.05, 4.69) is 5.32 Å². The lowest BCUT2D eigenvalue weighted by Gasteiger charge is -2.34. The monoisotopic (exact) mass is 355 g/mol. The van der Waals surface area contributed by atoms with E-state index in [1.54, 1.807) is 4.90 Å². The number of carbonyl (C=O) groups excluding carboxylic acids is 1. The van der Waals surface area contributed by atoms with Crippen LogP contribution in [-0.2, 0) is 9.59 Å². The molecule has 1 aliphatic rings. The second-order valence-electron chi connectivity index (χ2n) is 6.04. The summed E-state index contributed by atoms with van der Waals surface area (Å²) >= 11 is 5.73. The highest BCUT2D eigenvalue weighted by Gasteiger charge is 2.30. The van der Waals surface area contributed by atoms with Crippen molar-refractivity contribution < 1.29 is 19.6 Å². The second kappa shape index (κ2) is 7.59. The molecule has 2 unspecified atom stereocenters. The number of nitro groups is 1. The Morgan fingerprint density at radius 1 is 1.46 bits per heavy atom. The van der Waals surface area contributed by atoms with E-state index in [1.165, 1.54) is 18.2 Å². The van der Waals surface area contributed by atoms with Gasteiger partial charge in [-0.1, -0.05) is 18.5 Å². The van der Waals surface area contributed by atoms with Crippen molar-refractivity contribution in [3.05, 3.63) is 33.3 Å². The number of carbonyl (C=O) groups is 2. The molecule has 1 fully saturated rings. The zero-order valence-electron chi connectivity index (χ0n) is 13.1. The number of carboxylic acids is 1. The minimum atomic E-state index is -0.861. The molecule has 130 valence electrons. The highest BCUT2D eigenvalue weighted by molar-refractivity contribution is 6.32. The highest BCUT2D eigenvalue weighted by atomic mass is 35.5. The van der Waals surface area contributed by atoms with E-state index in [-0.39, 0.29) is 34.8 Å². The van der Waals surface area contributed by atoms with Gasteiger partial charge in [0.05, 0.1) is 17.4 Å². The van der Waals surface area contributed by atoms with Crippen molar-refractivity contribution in [2.24, 2.45) is 11.8 Å². The molecule has 0 aromatic heterocycles. The predicted molar refractivity (Wildman–Crippen MR) is 88.1 cm³/mol. The third-order valence-electron chi connectivity index (χ3n) is 3.88. The van der Waals surface area contributed by atoms with Crippen molar-refractivity contribution in [2.45, 2.75) is 13.3 Å². The van der Waals surface area contributed by atoms with Crippen LogP contribution in [0.5, 0.6) is 0 Å². The fraction of sp³-hybridized carbons (Fsp3) is 0.467. The Labute approximate surface area is 143 Å². The first-order valence-electron chi connectivity index (χ1n) is 7.45. The summed E-state index contributed by atoms with van der Waals surface area (Å²) in [5.74, 6) is -1.52. The molecule has 1 heterocycles. The van der Waals surface area contributed by atoms with E-state index in [9.17, 15) is 19.7 Å². The first kappa shape index (κ1) is 18.2. The van der Waals surface area contributed by atoms with Crippen molar-refractivity contribution >= 4 is 34.9 Å². The fourth-order valence-electron chi connectivity index (χ4n) is 2.90. The molecule has 1 amide bonds. The van der Waals surface area contributed by atoms with Crippen LogP contribution >= 0.6 is 11.6 Å². The molecule has 1 aliphatic heterocycles. The molecule has 1 aromatic rings. The third-order valence-corrected chi connectivity index (χ3v) is 4.20. The molecule has 0 aliphatic carbocycles. The fourth-order valence-corrected chi connectivity index (χ4v) is 3.09. The first-order chi connectivity index (χ1) is 11.3. The maximum atomic E-state index is 12.1. The molecule has 0 bridgehead atoms. The van der Waals surface area contributed by atoms with Crippen LogP contribution in [0.3, 0.4) is 0 Å². The number of rotatable bonds is 5. The molecule has 8 nitrogen and oxygen atoms in total. The van der Waals surface area contributed by atoms with Gasteiger partial charge in [-0.15, -0.1) is 0 Å². The van der Waals surface area contributed by atoms with Gasteiger partial charge in [0.2, 0.25) is 5.91 Å². The van der Waals surface area contributed by atoms with Crippen LogP contribution < -0.4 is 5.32 Å². The Bertz CT molecular complexity index is 667. The number of nitrogens with zero attached hydrogens (tertiary/aromatic N) is 2. The Morgan fingerprint density at radius 3 is 2.79 bits per heavy atom. The summed E-state index contributed by atoms with van der Waals surface area (Å²) < 4.78 is 0. The maximum absolute atomic E-state index is 12.1. The van der Waals surface area contributed by atoms with Crippen molar-refractivity contribution in [1.82, 2.24) is 4.90 Å². The first-order valence-corrected chi connectivity index (χ1v) is 7.83. The molecular weight excluding hydrogens is 338 g/mol. The molecule has 2 atom stereocenters. The van der Waals surface area contributed by atoms with Gasteiger partial charge in [0, 0.05) is 24.8 Å². The van der Waals surface area contributed by atoms with Crippen LogP contribution in [0.4, 0.5) is 11.4 Å². The lowest BCUT2D eigenvalue weighted by molar-refractivity contribution is -0.384. The lowest BCUT2D eigenvalue weighted by atomic mass is 9.90. The van der Waals surface area contributed by atoms with Gasteiger partial charge >= 0.3 is 5.97 Å². The van der Waals surface area contributed by atoms with Gasteiger partial charge in [-0.2, -0.15) is 0 Å². The Morgan fingerprint density at radius 2 is 2.17 bits per heavy atom. The number of nitro benzene ring substituents is 1. The quantitative estimate of drug-likeness (QED) is 0.618. The predicted octanol–water partition coefficient (Wildman–Crippen LogP) is 2.23. The van der Waals surface area contributed by atoms with Crippen molar-refractivity contribution in [1.29, 1.82) is 0 Å². The van der Waals surface area contributed by atoms with Crippen LogP contribution in [0.25, 0.3) is 0 Å². The Balaban J connectivity index is 1.99. The van der Waals surface area contributed by atoms with Crippen LogP contribution in [0.1, 0.15) is 13.3 Å². The summed E-state index contributed by atoms with van der Waals surface area (Å²) in [6.45, 7) is 2.93. The van der Waals surface area contributed by atoms with Crippen molar-refractivity contribution in [2.75, 3.05) is 25.0 Å². The Kier molecular flexibility index (Phi) is 5.74.